The van der Waals surface area contributed by atoms with Crippen molar-refractivity contribution in [1.82, 2.24) is 4.98 Å². The number of hydrogen-bond acceptors (Lipinski definition) is 5. The third kappa shape index (κ3) is 1.79. The molecule has 0 saturated heterocycles. The SMILES string of the molecule is CC1(C)C(O)CC1Nc1cc2[nH]c(=O)oc2cc1N. The first kappa shape index (κ1) is 12.1. The third-order valence-corrected chi connectivity index (χ3v) is 4.14. The van der Waals surface area contributed by atoms with E-state index in [9.17, 15) is 9.90 Å². The molecule has 2 unspecified atom stereocenters. The lowest BCUT2D eigenvalue weighted by Crippen LogP contribution is -2.56. The van der Waals surface area contributed by atoms with Crippen LogP contribution in [0.3, 0.4) is 0 Å². The summed E-state index contributed by atoms with van der Waals surface area (Å²) in [6.45, 7) is 4.01. The van der Waals surface area contributed by atoms with Crippen LogP contribution in [0.4, 0.5) is 11.4 Å². The fourth-order valence-corrected chi connectivity index (χ4v) is 2.47. The molecular weight excluding hydrogens is 246 g/mol. The van der Waals surface area contributed by atoms with E-state index in [0.717, 1.165) is 5.69 Å². The number of hydrogen-bond donors (Lipinski definition) is 4. The van der Waals surface area contributed by atoms with Gasteiger partial charge in [-0.25, -0.2) is 4.79 Å². The van der Waals surface area contributed by atoms with Crippen molar-refractivity contribution in [2.24, 2.45) is 5.41 Å². The molecule has 2 aromatic rings. The van der Waals surface area contributed by atoms with Crippen molar-refractivity contribution in [2.75, 3.05) is 11.1 Å². The number of nitrogens with one attached hydrogen (secondary N) is 2. The molecule has 1 aliphatic rings. The Morgan fingerprint density at radius 1 is 1.53 bits per heavy atom. The number of oxazole rings is 1. The number of anilines is 2. The first-order chi connectivity index (χ1) is 8.88. The fourth-order valence-electron chi connectivity index (χ4n) is 2.47. The Morgan fingerprint density at radius 2 is 2.26 bits per heavy atom. The van der Waals surface area contributed by atoms with Crippen LogP contribution in [0, 0.1) is 5.41 Å². The highest BCUT2D eigenvalue weighted by Gasteiger charge is 2.47. The van der Waals surface area contributed by atoms with Gasteiger partial charge in [-0.05, 0) is 12.5 Å². The molecular formula is C13H17N3O3. The molecule has 6 nitrogen and oxygen atoms in total. The molecule has 1 fully saturated rings. The molecule has 102 valence electrons. The molecule has 2 atom stereocenters. The summed E-state index contributed by atoms with van der Waals surface area (Å²) in [7, 11) is 0. The zero-order valence-electron chi connectivity index (χ0n) is 10.9. The number of fused-ring (bicyclic) bond motifs is 1. The van der Waals surface area contributed by atoms with Gasteiger partial charge in [-0.2, -0.15) is 0 Å². The van der Waals surface area contributed by atoms with Crippen molar-refractivity contribution in [1.29, 1.82) is 0 Å². The van der Waals surface area contributed by atoms with E-state index in [0.29, 0.717) is 23.2 Å². The minimum Gasteiger partial charge on any atom is -0.408 e. The largest absolute Gasteiger partial charge is 0.417 e. The second-order valence-corrected chi connectivity index (χ2v) is 5.72. The maximum absolute atomic E-state index is 11.1. The molecule has 19 heavy (non-hydrogen) atoms. The second-order valence-electron chi connectivity index (χ2n) is 5.72. The number of aliphatic hydroxyl groups excluding tert-OH is 1. The van der Waals surface area contributed by atoms with Crippen molar-refractivity contribution in [3.05, 3.63) is 22.7 Å². The van der Waals surface area contributed by atoms with Crippen LogP contribution in [-0.2, 0) is 0 Å². The normalized spacial score (nSPS) is 25.2. The maximum Gasteiger partial charge on any atom is 0.417 e. The molecule has 5 N–H and O–H groups in total. The summed E-state index contributed by atoms with van der Waals surface area (Å²) in [6, 6.07) is 3.54. The Bertz CT molecular complexity index is 686. The van der Waals surface area contributed by atoms with E-state index in [2.05, 4.69) is 10.3 Å². The number of nitrogens with two attached hydrogens (primary N) is 1. The zero-order valence-corrected chi connectivity index (χ0v) is 10.9. The molecule has 0 aliphatic heterocycles. The smallest absolute Gasteiger partial charge is 0.408 e. The van der Waals surface area contributed by atoms with E-state index >= 15 is 0 Å². The fraction of sp³-hybridized carbons (Fsp3) is 0.462. The van der Waals surface area contributed by atoms with Crippen LogP contribution in [0.5, 0.6) is 0 Å². The zero-order chi connectivity index (χ0) is 13.8. The van der Waals surface area contributed by atoms with E-state index in [1.54, 1.807) is 12.1 Å². The highest BCUT2D eigenvalue weighted by Crippen LogP contribution is 2.43. The van der Waals surface area contributed by atoms with Crippen LogP contribution in [-0.4, -0.2) is 22.2 Å². The molecule has 1 saturated carbocycles. The van der Waals surface area contributed by atoms with Gasteiger partial charge in [-0.15, -0.1) is 0 Å². The summed E-state index contributed by atoms with van der Waals surface area (Å²) in [4.78, 5) is 13.7. The Morgan fingerprint density at radius 3 is 2.89 bits per heavy atom. The first-order valence-corrected chi connectivity index (χ1v) is 6.25. The summed E-state index contributed by atoms with van der Waals surface area (Å²) in [5.74, 6) is -0.494. The van der Waals surface area contributed by atoms with Gasteiger partial charge < -0.3 is 20.6 Å². The molecule has 1 aliphatic carbocycles. The number of H-pyrrole nitrogens is 1. The molecule has 0 spiro atoms. The van der Waals surface area contributed by atoms with E-state index in [4.69, 9.17) is 10.2 Å². The molecule has 6 heteroatoms. The van der Waals surface area contributed by atoms with Gasteiger partial charge in [0.25, 0.3) is 0 Å². The Hall–Kier alpha value is -1.95. The molecule has 0 radical (unpaired) electrons. The molecule has 1 aromatic heterocycles. The average Bonchev–Trinajstić information content (AvgIpc) is 2.68. The minimum atomic E-state index is -0.494. The van der Waals surface area contributed by atoms with Gasteiger partial charge in [0.1, 0.15) is 0 Å². The van der Waals surface area contributed by atoms with E-state index in [1.165, 1.54) is 0 Å². The third-order valence-electron chi connectivity index (χ3n) is 4.14. The van der Waals surface area contributed by atoms with E-state index in [1.807, 2.05) is 13.8 Å². The summed E-state index contributed by atoms with van der Waals surface area (Å²) in [5.41, 5.74) is 8.08. The topological polar surface area (TPSA) is 104 Å². The predicted molar refractivity (Wildman–Crippen MR) is 73.1 cm³/mol. The van der Waals surface area contributed by atoms with Crippen LogP contribution in [0.15, 0.2) is 21.3 Å². The number of aromatic nitrogens is 1. The van der Waals surface area contributed by atoms with Crippen LogP contribution in [0.2, 0.25) is 0 Å². The predicted octanol–water partition coefficient (Wildman–Crippen LogP) is 1.27. The Labute approximate surface area is 109 Å². The minimum absolute atomic E-state index is 0.154. The van der Waals surface area contributed by atoms with Gasteiger partial charge in [0.05, 0.1) is 23.0 Å². The van der Waals surface area contributed by atoms with E-state index < -0.39 is 5.76 Å². The van der Waals surface area contributed by atoms with Crippen LogP contribution >= 0.6 is 0 Å². The molecule has 1 aromatic carbocycles. The number of benzene rings is 1. The summed E-state index contributed by atoms with van der Waals surface area (Å²) in [5, 5.41) is 13.1. The van der Waals surface area contributed by atoms with Crippen molar-refractivity contribution < 1.29 is 9.52 Å². The lowest BCUT2D eigenvalue weighted by atomic mass is 9.64. The first-order valence-electron chi connectivity index (χ1n) is 6.25. The standard InChI is InChI=1S/C13H17N3O3/c1-13(2)10(5-11(13)17)15-7-4-8-9(3-6(7)14)19-12(18)16-8/h3-4,10-11,15,17H,5,14H2,1-2H3,(H,16,18). The number of nitrogen functional groups attached to an aromatic ring is 1. The van der Waals surface area contributed by atoms with E-state index in [-0.39, 0.29) is 17.6 Å². The van der Waals surface area contributed by atoms with Crippen molar-refractivity contribution >= 4 is 22.5 Å². The summed E-state index contributed by atoms with van der Waals surface area (Å²) in [6.07, 6.45) is 0.385. The number of aromatic amines is 1. The van der Waals surface area contributed by atoms with Crippen LogP contribution < -0.4 is 16.8 Å². The summed E-state index contributed by atoms with van der Waals surface area (Å²) < 4.78 is 4.95. The van der Waals surface area contributed by atoms with Gasteiger partial charge in [0, 0.05) is 17.5 Å². The van der Waals surface area contributed by atoms with Crippen LogP contribution in [0.1, 0.15) is 20.3 Å². The van der Waals surface area contributed by atoms with Gasteiger partial charge in [0.2, 0.25) is 0 Å². The van der Waals surface area contributed by atoms with Gasteiger partial charge in [-0.3, -0.25) is 4.98 Å². The van der Waals surface area contributed by atoms with Gasteiger partial charge >= 0.3 is 5.76 Å². The van der Waals surface area contributed by atoms with Crippen molar-refractivity contribution in [2.45, 2.75) is 32.4 Å². The molecule has 0 amide bonds. The molecule has 3 rings (SSSR count). The van der Waals surface area contributed by atoms with Gasteiger partial charge in [-0.1, -0.05) is 13.8 Å². The molecule has 1 heterocycles. The lowest BCUT2D eigenvalue weighted by molar-refractivity contribution is -0.0510. The quantitative estimate of drug-likeness (QED) is 0.611. The van der Waals surface area contributed by atoms with Crippen molar-refractivity contribution in [3.63, 3.8) is 0 Å². The molecule has 0 bridgehead atoms. The number of aliphatic hydroxyl groups is 1. The monoisotopic (exact) mass is 263 g/mol. The average molecular weight is 263 g/mol. The highest BCUT2D eigenvalue weighted by atomic mass is 16.4. The van der Waals surface area contributed by atoms with Gasteiger partial charge in [0.15, 0.2) is 5.58 Å². The van der Waals surface area contributed by atoms with Crippen LogP contribution in [0.25, 0.3) is 11.1 Å². The highest BCUT2D eigenvalue weighted by molar-refractivity contribution is 5.85. The Kier molecular flexibility index (Phi) is 2.40. The van der Waals surface area contributed by atoms with Crippen molar-refractivity contribution in [3.8, 4) is 0 Å². The second kappa shape index (κ2) is 3.77. The number of rotatable bonds is 2. The lowest BCUT2D eigenvalue weighted by Gasteiger charge is -2.50. The Balaban J connectivity index is 1.93. The maximum atomic E-state index is 11.1. The summed E-state index contributed by atoms with van der Waals surface area (Å²) >= 11 is 0.